The number of amides is 2. The number of rotatable bonds is 6. The molecule has 3 N–H and O–H groups in total. The minimum atomic E-state index is -3.78. The van der Waals surface area contributed by atoms with Crippen LogP contribution in [0.4, 0.5) is 5.69 Å². The third-order valence-corrected chi connectivity index (χ3v) is 10.5. The molecule has 34 heavy (non-hydrogen) atoms. The first-order valence-corrected chi connectivity index (χ1v) is 13.9. The van der Waals surface area contributed by atoms with Crippen LogP contribution in [0, 0.1) is 37.0 Å². The number of nitrogens with one attached hydrogen (secondary N) is 1. The molecule has 4 bridgehead atoms. The maximum atomic E-state index is 13.4. The molecule has 5 fully saturated rings. The van der Waals surface area contributed by atoms with Gasteiger partial charge in [-0.2, -0.15) is 12.7 Å². The standard InChI is InChI=1S/C25H36N4O4S/c1-16-4-5-17(2)21(8-16)29-7-3-6-28(34(29,32)33)15-23(31)27-24-19-9-18-10-20(24)13-25(11-18,12-19)14-22(26)30/h4-5,8,18-20,24H,3,6-7,9-15H2,1-2H3,(H2,26,30)(H,27,31). The van der Waals surface area contributed by atoms with Gasteiger partial charge in [-0.15, -0.1) is 0 Å². The van der Waals surface area contributed by atoms with Gasteiger partial charge in [0, 0.05) is 25.6 Å². The Balaban J connectivity index is 1.27. The maximum Gasteiger partial charge on any atom is 0.304 e. The first-order chi connectivity index (χ1) is 16.1. The topological polar surface area (TPSA) is 113 Å². The van der Waals surface area contributed by atoms with E-state index in [4.69, 9.17) is 5.73 Å². The molecule has 2 unspecified atom stereocenters. The van der Waals surface area contributed by atoms with Crippen molar-refractivity contribution in [3.63, 3.8) is 0 Å². The summed E-state index contributed by atoms with van der Waals surface area (Å²) in [6.07, 6.45) is 6.19. The van der Waals surface area contributed by atoms with E-state index in [0.717, 1.165) is 43.2 Å². The van der Waals surface area contributed by atoms with E-state index in [1.54, 1.807) is 0 Å². The lowest BCUT2D eigenvalue weighted by molar-refractivity contribution is -0.134. The van der Waals surface area contributed by atoms with Gasteiger partial charge in [0.1, 0.15) is 0 Å². The number of anilines is 1. The zero-order chi connectivity index (χ0) is 24.3. The summed E-state index contributed by atoms with van der Waals surface area (Å²) in [5, 5.41) is 3.21. The summed E-state index contributed by atoms with van der Waals surface area (Å²) in [4.78, 5) is 24.8. The van der Waals surface area contributed by atoms with Gasteiger partial charge < -0.3 is 11.1 Å². The van der Waals surface area contributed by atoms with Crippen LogP contribution in [0.2, 0.25) is 0 Å². The molecule has 1 aromatic rings. The second-order valence-electron chi connectivity index (χ2n) is 11.3. The predicted molar refractivity (Wildman–Crippen MR) is 130 cm³/mol. The Bertz CT molecular complexity index is 1090. The van der Waals surface area contributed by atoms with E-state index in [-0.39, 0.29) is 29.8 Å². The smallest absolute Gasteiger partial charge is 0.304 e. The zero-order valence-electron chi connectivity index (χ0n) is 20.1. The highest BCUT2D eigenvalue weighted by atomic mass is 32.2. The third kappa shape index (κ3) is 4.21. The molecule has 0 aromatic heterocycles. The quantitative estimate of drug-likeness (QED) is 0.639. The molecular weight excluding hydrogens is 452 g/mol. The van der Waals surface area contributed by atoms with E-state index >= 15 is 0 Å². The number of aryl methyl sites for hydroxylation is 2. The van der Waals surface area contributed by atoms with E-state index < -0.39 is 10.2 Å². The molecule has 2 amide bonds. The molecule has 186 valence electrons. The van der Waals surface area contributed by atoms with Gasteiger partial charge in [-0.05, 0) is 92.7 Å². The molecule has 1 aliphatic heterocycles. The summed E-state index contributed by atoms with van der Waals surface area (Å²) in [5.74, 6) is 0.843. The highest BCUT2D eigenvalue weighted by Gasteiger charge is 2.56. The van der Waals surface area contributed by atoms with Crippen molar-refractivity contribution in [2.75, 3.05) is 23.9 Å². The number of hydrogen-bond acceptors (Lipinski definition) is 4. The number of nitrogens with two attached hydrogens (primary N) is 1. The summed E-state index contributed by atoms with van der Waals surface area (Å²) in [6, 6.07) is 5.86. The van der Waals surface area contributed by atoms with E-state index in [0.29, 0.717) is 49.4 Å². The van der Waals surface area contributed by atoms with E-state index in [1.165, 1.54) is 8.61 Å². The minimum Gasteiger partial charge on any atom is -0.370 e. The fourth-order valence-electron chi connectivity index (χ4n) is 7.56. The average Bonchev–Trinajstić information content (AvgIpc) is 2.73. The van der Waals surface area contributed by atoms with Gasteiger partial charge >= 0.3 is 10.2 Å². The van der Waals surface area contributed by atoms with Crippen LogP contribution in [0.5, 0.6) is 0 Å². The molecular formula is C25H36N4O4S. The monoisotopic (exact) mass is 488 g/mol. The summed E-state index contributed by atoms with van der Waals surface area (Å²) >= 11 is 0. The lowest BCUT2D eigenvalue weighted by atomic mass is 9.47. The van der Waals surface area contributed by atoms with Crippen molar-refractivity contribution in [3.05, 3.63) is 29.3 Å². The Morgan fingerprint density at radius 3 is 2.50 bits per heavy atom. The molecule has 0 radical (unpaired) electrons. The lowest BCUT2D eigenvalue weighted by Crippen LogP contribution is -2.61. The number of benzene rings is 1. The Morgan fingerprint density at radius 1 is 1.12 bits per heavy atom. The van der Waals surface area contributed by atoms with Gasteiger partial charge in [0.25, 0.3) is 0 Å². The molecule has 1 aromatic carbocycles. The highest BCUT2D eigenvalue weighted by molar-refractivity contribution is 7.90. The van der Waals surface area contributed by atoms with Crippen LogP contribution >= 0.6 is 0 Å². The van der Waals surface area contributed by atoms with Gasteiger partial charge in [-0.1, -0.05) is 12.1 Å². The van der Waals surface area contributed by atoms with Crippen molar-refractivity contribution in [3.8, 4) is 0 Å². The van der Waals surface area contributed by atoms with Crippen molar-refractivity contribution in [1.29, 1.82) is 0 Å². The van der Waals surface area contributed by atoms with Gasteiger partial charge in [0.15, 0.2) is 0 Å². The van der Waals surface area contributed by atoms with Gasteiger partial charge in [0.2, 0.25) is 11.8 Å². The van der Waals surface area contributed by atoms with Crippen LogP contribution in [0.15, 0.2) is 18.2 Å². The molecule has 4 aliphatic carbocycles. The Morgan fingerprint density at radius 2 is 1.82 bits per heavy atom. The second-order valence-corrected chi connectivity index (χ2v) is 13.1. The van der Waals surface area contributed by atoms with Gasteiger partial charge in [0.05, 0.1) is 12.2 Å². The molecule has 1 saturated heterocycles. The molecule has 8 nitrogen and oxygen atoms in total. The molecule has 5 aliphatic rings. The molecule has 1 heterocycles. The molecule has 9 heteroatoms. The largest absolute Gasteiger partial charge is 0.370 e. The molecule has 4 saturated carbocycles. The van der Waals surface area contributed by atoms with Crippen molar-refractivity contribution in [1.82, 2.24) is 9.62 Å². The Kier molecular flexibility index (Phi) is 5.91. The SMILES string of the molecule is Cc1ccc(C)c(N2CCCN(CC(=O)NC3C4CC5CC3CC(CC(N)=O)(C5)C4)S2(=O)=O)c1. The Hall–Kier alpha value is -2.13. The van der Waals surface area contributed by atoms with Crippen molar-refractivity contribution in [2.45, 2.75) is 64.8 Å². The van der Waals surface area contributed by atoms with Crippen molar-refractivity contribution < 1.29 is 18.0 Å². The van der Waals surface area contributed by atoms with Crippen LogP contribution in [0.3, 0.4) is 0 Å². The van der Waals surface area contributed by atoms with E-state index in [9.17, 15) is 18.0 Å². The lowest BCUT2D eigenvalue weighted by Gasteiger charge is -2.60. The number of carbonyl (C=O) groups excluding carboxylic acids is 2. The summed E-state index contributed by atoms with van der Waals surface area (Å²) in [5.41, 5.74) is 8.15. The third-order valence-electron chi connectivity index (χ3n) is 8.60. The minimum absolute atomic E-state index is 0.00590. The number of hydrogen-bond donors (Lipinski definition) is 2. The van der Waals surface area contributed by atoms with Crippen LogP contribution in [-0.2, 0) is 19.8 Å². The molecule has 6 rings (SSSR count). The summed E-state index contributed by atoms with van der Waals surface area (Å²) in [6.45, 7) is 4.46. The zero-order valence-corrected chi connectivity index (χ0v) is 20.9. The fourth-order valence-corrected chi connectivity index (χ4v) is 9.28. The van der Waals surface area contributed by atoms with Crippen LogP contribution in [0.1, 0.15) is 56.1 Å². The van der Waals surface area contributed by atoms with Crippen LogP contribution in [-0.4, -0.2) is 50.2 Å². The Labute approximate surface area is 202 Å². The number of nitrogens with zero attached hydrogens (tertiary/aromatic N) is 2. The summed E-state index contributed by atoms with van der Waals surface area (Å²) in [7, 11) is -3.78. The molecule has 0 spiro atoms. The maximum absolute atomic E-state index is 13.4. The fraction of sp³-hybridized carbons (Fsp3) is 0.680. The first kappa shape index (κ1) is 23.6. The van der Waals surface area contributed by atoms with Gasteiger partial charge in [-0.3, -0.25) is 13.9 Å². The second kappa shape index (κ2) is 8.52. The van der Waals surface area contributed by atoms with E-state index in [2.05, 4.69) is 5.32 Å². The predicted octanol–water partition coefficient (Wildman–Crippen LogP) is 2.25. The van der Waals surface area contributed by atoms with E-state index in [1.807, 2.05) is 32.0 Å². The van der Waals surface area contributed by atoms with Crippen LogP contribution in [0.25, 0.3) is 0 Å². The number of carbonyl (C=O) groups is 2. The highest BCUT2D eigenvalue weighted by Crippen LogP contribution is 2.61. The van der Waals surface area contributed by atoms with Crippen molar-refractivity contribution >= 4 is 27.7 Å². The van der Waals surface area contributed by atoms with Crippen LogP contribution < -0.4 is 15.4 Å². The summed E-state index contributed by atoms with van der Waals surface area (Å²) < 4.78 is 29.6. The van der Waals surface area contributed by atoms with Crippen molar-refractivity contribution in [2.24, 2.45) is 28.9 Å². The normalized spacial score (nSPS) is 34.2. The first-order valence-electron chi connectivity index (χ1n) is 12.5. The number of primary amides is 1. The van der Waals surface area contributed by atoms with Gasteiger partial charge in [-0.25, -0.2) is 0 Å². The average molecular weight is 489 g/mol. The molecule has 2 atom stereocenters.